The van der Waals surface area contributed by atoms with Crippen LogP contribution in [-0.4, -0.2) is 19.7 Å². The highest BCUT2D eigenvalue weighted by atomic mass is 32.2. The summed E-state index contributed by atoms with van der Waals surface area (Å²) in [5.41, 5.74) is 2.05. The quantitative estimate of drug-likeness (QED) is 0.708. The van der Waals surface area contributed by atoms with Gasteiger partial charge in [-0.15, -0.1) is 11.3 Å². The molecule has 3 aromatic rings. The summed E-state index contributed by atoms with van der Waals surface area (Å²) in [5, 5.41) is 0.822. The van der Waals surface area contributed by atoms with Gasteiger partial charge in [0.05, 0.1) is 20.5 Å². The number of hydrogen-bond acceptors (Lipinski definition) is 4. The third-order valence-electron chi connectivity index (χ3n) is 3.38. The molecule has 3 nitrogen and oxygen atoms in total. The van der Waals surface area contributed by atoms with Gasteiger partial charge in [-0.2, -0.15) is 0 Å². The van der Waals surface area contributed by atoms with Gasteiger partial charge >= 0.3 is 0 Å². The second kappa shape index (κ2) is 5.86. The first kappa shape index (κ1) is 15.8. The fraction of sp³-hybridized carbons (Fsp3) is 0.118. The minimum atomic E-state index is -3.36. The summed E-state index contributed by atoms with van der Waals surface area (Å²) in [6, 6.07) is 12.9. The lowest BCUT2D eigenvalue weighted by Gasteiger charge is -2.08. The Morgan fingerprint density at radius 1 is 1.04 bits per heavy atom. The van der Waals surface area contributed by atoms with Crippen LogP contribution in [0, 0.1) is 12.7 Å². The molecule has 0 unspecified atom stereocenters. The van der Waals surface area contributed by atoms with Crippen molar-refractivity contribution in [3.8, 4) is 21.7 Å². The van der Waals surface area contributed by atoms with E-state index in [1.54, 1.807) is 36.4 Å². The van der Waals surface area contributed by atoms with Crippen molar-refractivity contribution < 1.29 is 12.8 Å². The van der Waals surface area contributed by atoms with Gasteiger partial charge < -0.3 is 0 Å². The third-order valence-corrected chi connectivity index (χ3v) is 5.54. The van der Waals surface area contributed by atoms with E-state index in [4.69, 9.17) is 0 Å². The second-order valence-electron chi connectivity index (χ2n) is 5.19. The Labute approximate surface area is 138 Å². The predicted octanol–water partition coefficient (Wildman–Crippen LogP) is 4.33. The van der Waals surface area contributed by atoms with Crippen LogP contribution in [0.1, 0.15) is 5.01 Å². The lowest BCUT2D eigenvalue weighted by Crippen LogP contribution is -1.99. The zero-order valence-electron chi connectivity index (χ0n) is 12.6. The molecule has 6 heteroatoms. The smallest absolute Gasteiger partial charge is 0.176 e. The van der Waals surface area contributed by atoms with Crippen LogP contribution in [0.15, 0.2) is 53.4 Å². The van der Waals surface area contributed by atoms with Crippen LogP contribution in [0.5, 0.6) is 0 Å². The van der Waals surface area contributed by atoms with Crippen LogP contribution >= 0.6 is 11.3 Å². The normalized spacial score (nSPS) is 11.6. The minimum Gasteiger partial charge on any atom is -0.241 e. The van der Waals surface area contributed by atoms with Crippen LogP contribution in [-0.2, 0) is 9.84 Å². The molecule has 0 atom stereocenters. The molecule has 0 aliphatic heterocycles. The van der Waals surface area contributed by atoms with Crippen molar-refractivity contribution in [3.05, 3.63) is 59.4 Å². The highest BCUT2D eigenvalue weighted by molar-refractivity contribution is 7.90. The van der Waals surface area contributed by atoms with Crippen molar-refractivity contribution in [1.82, 2.24) is 4.98 Å². The molecule has 118 valence electrons. The Morgan fingerprint density at radius 2 is 1.70 bits per heavy atom. The first-order valence-corrected chi connectivity index (χ1v) is 9.60. The number of sulfone groups is 1. The van der Waals surface area contributed by atoms with Gasteiger partial charge in [-0.25, -0.2) is 17.8 Å². The highest BCUT2D eigenvalue weighted by Gasteiger charge is 2.20. The molecule has 3 rings (SSSR count). The van der Waals surface area contributed by atoms with E-state index in [9.17, 15) is 12.8 Å². The molecule has 0 radical (unpaired) electrons. The minimum absolute atomic E-state index is 0.270. The molecule has 0 aliphatic carbocycles. The van der Waals surface area contributed by atoms with Crippen LogP contribution in [0.3, 0.4) is 0 Å². The molecule has 1 heterocycles. The van der Waals surface area contributed by atoms with E-state index in [0.717, 1.165) is 15.4 Å². The molecule has 0 N–H and O–H groups in total. The number of aryl methyl sites for hydroxylation is 1. The van der Waals surface area contributed by atoms with Gasteiger partial charge in [-0.1, -0.05) is 18.2 Å². The van der Waals surface area contributed by atoms with Crippen molar-refractivity contribution in [3.63, 3.8) is 0 Å². The van der Waals surface area contributed by atoms with Crippen molar-refractivity contribution in [1.29, 1.82) is 0 Å². The van der Waals surface area contributed by atoms with Gasteiger partial charge in [0, 0.05) is 17.4 Å². The SMILES string of the molecule is Cc1nc(-c2ccc(F)cc2)c(-c2ccccc2S(C)(=O)=O)s1. The molecular formula is C17H14FNO2S2. The van der Waals surface area contributed by atoms with Crippen LogP contribution < -0.4 is 0 Å². The van der Waals surface area contributed by atoms with Crippen molar-refractivity contribution in [2.24, 2.45) is 0 Å². The summed E-state index contributed by atoms with van der Waals surface area (Å²) in [6.07, 6.45) is 1.19. The molecule has 0 saturated carbocycles. The summed E-state index contributed by atoms with van der Waals surface area (Å²) in [4.78, 5) is 5.55. The number of aromatic nitrogens is 1. The number of thiazole rings is 1. The fourth-order valence-electron chi connectivity index (χ4n) is 2.39. The summed E-state index contributed by atoms with van der Waals surface area (Å²) in [6.45, 7) is 1.87. The average Bonchev–Trinajstić information content (AvgIpc) is 2.89. The van der Waals surface area contributed by atoms with Gasteiger partial charge in [-0.3, -0.25) is 0 Å². The van der Waals surface area contributed by atoms with Crippen molar-refractivity contribution in [2.45, 2.75) is 11.8 Å². The Balaban J connectivity index is 2.25. The monoisotopic (exact) mass is 347 g/mol. The Morgan fingerprint density at radius 3 is 2.35 bits per heavy atom. The summed E-state index contributed by atoms with van der Waals surface area (Å²) in [5.74, 6) is -0.321. The third kappa shape index (κ3) is 3.18. The zero-order chi connectivity index (χ0) is 16.6. The average molecular weight is 347 g/mol. The Bertz CT molecular complexity index is 961. The molecule has 1 aromatic heterocycles. The van der Waals surface area contributed by atoms with E-state index < -0.39 is 9.84 Å². The number of nitrogens with zero attached hydrogens (tertiary/aromatic N) is 1. The summed E-state index contributed by atoms with van der Waals surface area (Å²) < 4.78 is 37.3. The Hall–Kier alpha value is -2.05. The van der Waals surface area contributed by atoms with E-state index >= 15 is 0 Å². The van der Waals surface area contributed by atoms with Gasteiger partial charge in [0.25, 0.3) is 0 Å². The van der Waals surface area contributed by atoms with E-state index in [1.807, 2.05) is 6.92 Å². The molecule has 0 fully saturated rings. The maximum Gasteiger partial charge on any atom is 0.176 e. The summed E-state index contributed by atoms with van der Waals surface area (Å²) >= 11 is 1.43. The number of rotatable bonds is 3. The van der Waals surface area contributed by atoms with E-state index in [1.165, 1.54) is 29.7 Å². The number of benzene rings is 2. The molecule has 0 saturated heterocycles. The van der Waals surface area contributed by atoms with Gasteiger partial charge in [-0.05, 0) is 37.3 Å². The maximum atomic E-state index is 13.2. The second-order valence-corrected chi connectivity index (χ2v) is 8.37. The van der Waals surface area contributed by atoms with Crippen LogP contribution in [0.25, 0.3) is 21.7 Å². The standard InChI is InChI=1S/C17H14FNO2S2/c1-11-19-16(12-7-9-13(18)10-8-12)17(22-11)14-5-3-4-6-15(14)23(2,20)21/h3-10H,1-2H3. The molecule has 2 aromatic carbocycles. The van der Waals surface area contributed by atoms with E-state index in [-0.39, 0.29) is 10.7 Å². The predicted molar refractivity (Wildman–Crippen MR) is 90.8 cm³/mol. The van der Waals surface area contributed by atoms with Gasteiger partial charge in [0.1, 0.15) is 5.82 Å². The van der Waals surface area contributed by atoms with Gasteiger partial charge in [0.2, 0.25) is 0 Å². The largest absolute Gasteiger partial charge is 0.241 e. The number of hydrogen-bond donors (Lipinski definition) is 0. The molecular weight excluding hydrogens is 333 g/mol. The molecule has 0 amide bonds. The Kier molecular flexibility index (Phi) is 4.04. The van der Waals surface area contributed by atoms with Crippen LogP contribution in [0.4, 0.5) is 4.39 Å². The highest BCUT2D eigenvalue weighted by Crippen LogP contribution is 2.39. The van der Waals surface area contributed by atoms with Crippen LogP contribution in [0.2, 0.25) is 0 Å². The summed E-state index contributed by atoms with van der Waals surface area (Å²) in [7, 11) is -3.36. The lowest BCUT2D eigenvalue weighted by molar-refractivity contribution is 0.602. The van der Waals surface area contributed by atoms with Crippen molar-refractivity contribution in [2.75, 3.05) is 6.26 Å². The van der Waals surface area contributed by atoms with Crippen molar-refractivity contribution >= 4 is 21.2 Å². The molecule has 0 bridgehead atoms. The van der Waals surface area contributed by atoms with E-state index in [0.29, 0.717) is 11.3 Å². The molecule has 0 aliphatic rings. The zero-order valence-corrected chi connectivity index (χ0v) is 14.2. The lowest BCUT2D eigenvalue weighted by atomic mass is 10.1. The first-order chi connectivity index (χ1) is 10.9. The number of halogens is 1. The molecule has 23 heavy (non-hydrogen) atoms. The first-order valence-electron chi connectivity index (χ1n) is 6.89. The molecule has 0 spiro atoms. The fourth-order valence-corrected chi connectivity index (χ4v) is 4.33. The maximum absolute atomic E-state index is 13.2. The van der Waals surface area contributed by atoms with E-state index in [2.05, 4.69) is 4.98 Å². The van der Waals surface area contributed by atoms with Gasteiger partial charge in [0.15, 0.2) is 9.84 Å². The topological polar surface area (TPSA) is 47.0 Å².